The minimum Gasteiger partial charge on any atom is -0.310 e. The number of fused-ring (bicyclic) bond motifs is 1. The third-order valence-electron chi connectivity index (χ3n) is 3.51. The second-order valence-electron chi connectivity index (χ2n) is 4.99. The van der Waals surface area contributed by atoms with Gasteiger partial charge in [0.05, 0.1) is 11.0 Å². The highest BCUT2D eigenvalue weighted by Gasteiger charge is 2.13. The van der Waals surface area contributed by atoms with Crippen LogP contribution in [0.4, 0.5) is 5.95 Å². The number of benzene rings is 2. The molecule has 0 aliphatic rings. The van der Waals surface area contributed by atoms with E-state index in [1.54, 1.807) is 0 Å². The molecule has 1 heterocycles. The zero-order chi connectivity index (χ0) is 14.8. The van der Waals surface area contributed by atoms with Gasteiger partial charge in [0.15, 0.2) is 0 Å². The van der Waals surface area contributed by atoms with Gasteiger partial charge in [-0.3, -0.25) is 10.1 Å². The van der Waals surface area contributed by atoms with E-state index < -0.39 is 0 Å². The normalized spacial score (nSPS) is 10.8. The van der Waals surface area contributed by atoms with Crippen LogP contribution in [-0.4, -0.2) is 15.5 Å². The first kappa shape index (κ1) is 13.4. The maximum atomic E-state index is 12.3. The van der Waals surface area contributed by atoms with E-state index in [4.69, 9.17) is 0 Å². The number of imidazole rings is 1. The maximum Gasteiger partial charge on any atom is 0.257 e. The van der Waals surface area contributed by atoms with Crippen LogP contribution >= 0.6 is 0 Å². The van der Waals surface area contributed by atoms with Crippen LogP contribution in [0.1, 0.15) is 22.8 Å². The average Bonchev–Trinajstić information content (AvgIpc) is 2.84. The lowest BCUT2D eigenvalue weighted by atomic mass is 10.1. The van der Waals surface area contributed by atoms with Crippen molar-refractivity contribution < 1.29 is 4.79 Å². The second kappa shape index (κ2) is 5.40. The molecule has 1 aromatic heterocycles. The molecule has 0 saturated carbocycles. The molecule has 21 heavy (non-hydrogen) atoms. The van der Waals surface area contributed by atoms with Crippen LogP contribution in [0.5, 0.6) is 0 Å². The smallest absolute Gasteiger partial charge is 0.257 e. The van der Waals surface area contributed by atoms with Crippen molar-refractivity contribution in [2.75, 3.05) is 5.32 Å². The Hall–Kier alpha value is -2.62. The quantitative estimate of drug-likeness (QED) is 0.796. The molecule has 0 aliphatic heterocycles. The van der Waals surface area contributed by atoms with Crippen LogP contribution < -0.4 is 5.32 Å². The van der Waals surface area contributed by atoms with Crippen LogP contribution in [0.25, 0.3) is 11.0 Å². The van der Waals surface area contributed by atoms with Gasteiger partial charge in [-0.15, -0.1) is 0 Å². The van der Waals surface area contributed by atoms with Gasteiger partial charge in [0.2, 0.25) is 5.95 Å². The Bertz CT molecular complexity index is 787. The van der Waals surface area contributed by atoms with Crippen molar-refractivity contribution in [1.82, 2.24) is 9.55 Å². The average molecular weight is 279 g/mol. The highest BCUT2D eigenvalue weighted by atomic mass is 16.1. The van der Waals surface area contributed by atoms with E-state index in [1.807, 2.05) is 66.9 Å². The number of hydrogen-bond donors (Lipinski definition) is 1. The summed E-state index contributed by atoms with van der Waals surface area (Å²) in [5.41, 5.74) is 3.68. The molecule has 106 valence electrons. The molecule has 2 aromatic carbocycles. The summed E-state index contributed by atoms with van der Waals surface area (Å²) in [6.45, 7) is 4.79. The van der Waals surface area contributed by atoms with Crippen LogP contribution in [0.2, 0.25) is 0 Å². The number of nitrogens with one attached hydrogen (secondary N) is 1. The number of hydrogen-bond acceptors (Lipinski definition) is 2. The molecule has 1 N–H and O–H groups in total. The van der Waals surface area contributed by atoms with Gasteiger partial charge < -0.3 is 4.57 Å². The number of para-hydroxylation sites is 2. The van der Waals surface area contributed by atoms with Crippen molar-refractivity contribution in [2.24, 2.45) is 0 Å². The van der Waals surface area contributed by atoms with Gasteiger partial charge in [0.25, 0.3) is 5.91 Å². The Morgan fingerprint density at radius 2 is 1.86 bits per heavy atom. The molecule has 0 unspecified atom stereocenters. The molecule has 0 spiro atoms. The first-order chi connectivity index (χ1) is 10.2. The van der Waals surface area contributed by atoms with Crippen molar-refractivity contribution in [2.45, 2.75) is 20.4 Å². The summed E-state index contributed by atoms with van der Waals surface area (Å²) in [5.74, 6) is 0.448. The molecule has 0 atom stereocenters. The molecule has 4 heteroatoms. The number of nitrogens with zero attached hydrogens (tertiary/aromatic N) is 2. The van der Waals surface area contributed by atoms with Crippen LogP contribution in [-0.2, 0) is 6.54 Å². The van der Waals surface area contributed by atoms with E-state index in [0.717, 1.165) is 23.1 Å². The first-order valence-electron chi connectivity index (χ1n) is 7.02. The molecular formula is C17H17N3O. The monoisotopic (exact) mass is 279 g/mol. The minimum atomic E-state index is -0.139. The lowest BCUT2D eigenvalue weighted by molar-refractivity contribution is 0.102. The van der Waals surface area contributed by atoms with E-state index in [-0.39, 0.29) is 5.91 Å². The number of aryl methyl sites for hydroxylation is 2. The molecule has 0 saturated heterocycles. The zero-order valence-corrected chi connectivity index (χ0v) is 12.1. The summed E-state index contributed by atoms with van der Waals surface area (Å²) in [7, 11) is 0. The van der Waals surface area contributed by atoms with Crippen LogP contribution in [0, 0.1) is 6.92 Å². The highest BCUT2D eigenvalue weighted by Crippen LogP contribution is 2.19. The molecule has 3 rings (SSSR count). The largest absolute Gasteiger partial charge is 0.310 e. The lowest BCUT2D eigenvalue weighted by Crippen LogP contribution is -2.15. The SMILES string of the molecule is CCn1c(NC(=O)c2ccc(C)cc2)nc2ccccc21. The van der Waals surface area contributed by atoms with Gasteiger partial charge in [-0.1, -0.05) is 29.8 Å². The fourth-order valence-corrected chi connectivity index (χ4v) is 2.37. The van der Waals surface area contributed by atoms with Gasteiger partial charge in [0, 0.05) is 12.1 Å². The van der Waals surface area contributed by atoms with Gasteiger partial charge in [0.1, 0.15) is 0 Å². The number of aromatic nitrogens is 2. The van der Waals surface area contributed by atoms with Gasteiger partial charge in [-0.25, -0.2) is 4.98 Å². The van der Waals surface area contributed by atoms with Crippen LogP contribution in [0.3, 0.4) is 0 Å². The predicted octanol–water partition coefficient (Wildman–Crippen LogP) is 3.62. The van der Waals surface area contributed by atoms with Crippen molar-refractivity contribution >= 4 is 22.9 Å². The number of carbonyl (C=O) groups excluding carboxylic acids is 1. The predicted molar refractivity (Wildman–Crippen MR) is 84.5 cm³/mol. The topological polar surface area (TPSA) is 46.9 Å². The fraction of sp³-hybridized carbons (Fsp3) is 0.176. The van der Waals surface area contributed by atoms with Gasteiger partial charge in [-0.2, -0.15) is 0 Å². The molecule has 1 amide bonds. The molecule has 0 fully saturated rings. The van der Waals surface area contributed by atoms with E-state index in [9.17, 15) is 4.79 Å². The van der Waals surface area contributed by atoms with E-state index >= 15 is 0 Å². The Labute approximate surface area is 123 Å². The summed E-state index contributed by atoms with van der Waals surface area (Å²) >= 11 is 0. The molecule has 0 aliphatic carbocycles. The number of carbonyl (C=O) groups is 1. The number of anilines is 1. The first-order valence-corrected chi connectivity index (χ1v) is 7.02. The van der Waals surface area contributed by atoms with Crippen molar-refractivity contribution in [3.8, 4) is 0 Å². The van der Waals surface area contributed by atoms with E-state index in [1.165, 1.54) is 0 Å². The Kier molecular flexibility index (Phi) is 3.44. The Morgan fingerprint density at radius 1 is 1.14 bits per heavy atom. The second-order valence-corrected chi connectivity index (χ2v) is 4.99. The summed E-state index contributed by atoms with van der Waals surface area (Å²) < 4.78 is 2.00. The van der Waals surface area contributed by atoms with Crippen molar-refractivity contribution in [1.29, 1.82) is 0 Å². The van der Waals surface area contributed by atoms with Crippen molar-refractivity contribution in [3.63, 3.8) is 0 Å². The third-order valence-corrected chi connectivity index (χ3v) is 3.51. The molecule has 4 nitrogen and oxygen atoms in total. The van der Waals surface area contributed by atoms with E-state index in [0.29, 0.717) is 11.5 Å². The van der Waals surface area contributed by atoms with Crippen molar-refractivity contribution in [3.05, 3.63) is 59.7 Å². The van der Waals surface area contributed by atoms with Gasteiger partial charge >= 0.3 is 0 Å². The summed E-state index contributed by atoms with van der Waals surface area (Å²) in [6, 6.07) is 15.4. The number of rotatable bonds is 3. The third kappa shape index (κ3) is 2.52. The fourth-order valence-electron chi connectivity index (χ4n) is 2.37. The lowest BCUT2D eigenvalue weighted by Gasteiger charge is -2.07. The van der Waals surface area contributed by atoms with E-state index in [2.05, 4.69) is 10.3 Å². The highest BCUT2D eigenvalue weighted by molar-refractivity contribution is 6.04. The van der Waals surface area contributed by atoms with Crippen LogP contribution in [0.15, 0.2) is 48.5 Å². The molecule has 0 radical (unpaired) electrons. The summed E-state index contributed by atoms with van der Waals surface area (Å²) in [4.78, 5) is 16.8. The molecule has 3 aromatic rings. The summed E-state index contributed by atoms with van der Waals surface area (Å²) in [6.07, 6.45) is 0. The Balaban J connectivity index is 1.94. The van der Waals surface area contributed by atoms with Gasteiger partial charge in [-0.05, 0) is 38.1 Å². The minimum absolute atomic E-state index is 0.139. The number of amides is 1. The summed E-state index contributed by atoms with van der Waals surface area (Å²) in [5, 5.41) is 2.90. The Morgan fingerprint density at radius 3 is 2.57 bits per heavy atom. The molecule has 0 bridgehead atoms. The maximum absolute atomic E-state index is 12.3. The molecular weight excluding hydrogens is 262 g/mol. The standard InChI is InChI=1S/C17H17N3O/c1-3-20-15-7-5-4-6-14(15)18-17(20)19-16(21)13-10-8-12(2)9-11-13/h4-11H,3H2,1-2H3,(H,18,19,21). The zero-order valence-electron chi connectivity index (χ0n) is 12.1.